The summed E-state index contributed by atoms with van der Waals surface area (Å²) in [5.74, 6) is 0.918. The van der Waals surface area contributed by atoms with Crippen LogP contribution < -0.4 is 10.5 Å². The van der Waals surface area contributed by atoms with E-state index in [2.05, 4.69) is 29.9 Å². The molecule has 2 rings (SSSR count). The van der Waals surface area contributed by atoms with Crippen LogP contribution in [-0.4, -0.2) is 19.1 Å². The lowest BCUT2D eigenvalue weighted by Gasteiger charge is -1.99. The van der Waals surface area contributed by atoms with Gasteiger partial charge < -0.3 is 15.5 Å². The molecule has 15 heavy (non-hydrogen) atoms. The maximum Gasteiger partial charge on any atom is 0.119 e. The lowest BCUT2D eigenvalue weighted by molar-refractivity contribution is 0.415. The highest BCUT2D eigenvalue weighted by Gasteiger charge is 2.02. The van der Waals surface area contributed by atoms with E-state index in [1.54, 1.807) is 7.11 Å². The minimum absolute atomic E-state index is 0.918. The second kappa shape index (κ2) is 5.41. The molecule has 3 nitrogen and oxygen atoms in total. The normalized spacial score (nSPS) is 9.60. The number of aryl methyl sites for hydroxylation is 1. The first-order valence-corrected chi connectivity index (χ1v) is 5.07. The summed E-state index contributed by atoms with van der Waals surface area (Å²) in [6, 6.07) is 6.09. The molecular weight excluding hydrogens is 188 g/mol. The average molecular weight is 206 g/mol. The minimum atomic E-state index is 0.918. The quantitative estimate of drug-likeness (QED) is 0.792. The zero-order chi connectivity index (χ0) is 11.3. The summed E-state index contributed by atoms with van der Waals surface area (Å²) < 4.78 is 5.18. The van der Waals surface area contributed by atoms with Crippen molar-refractivity contribution in [2.24, 2.45) is 5.73 Å². The number of ether oxygens (including phenoxy) is 1. The first-order chi connectivity index (χ1) is 7.35. The summed E-state index contributed by atoms with van der Waals surface area (Å²) in [4.78, 5) is 3.23. The second-order valence-electron chi connectivity index (χ2n) is 3.08. The van der Waals surface area contributed by atoms with E-state index >= 15 is 0 Å². The van der Waals surface area contributed by atoms with Crippen molar-refractivity contribution in [1.29, 1.82) is 0 Å². The topological polar surface area (TPSA) is 51.0 Å². The fourth-order valence-corrected chi connectivity index (χ4v) is 1.58. The molecule has 82 valence electrons. The predicted octanol–water partition coefficient (Wildman–Crippen LogP) is 2.31. The molecule has 3 N–H and O–H groups in total. The van der Waals surface area contributed by atoms with E-state index in [9.17, 15) is 0 Å². The van der Waals surface area contributed by atoms with Gasteiger partial charge in [0.15, 0.2) is 0 Å². The van der Waals surface area contributed by atoms with Crippen LogP contribution in [0, 0.1) is 0 Å². The Kier molecular flexibility index (Phi) is 4.18. The number of aromatic nitrogens is 1. The summed E-state index contributed by atoms with van der Waals surface area (Å²) in [6.45, 7) is 2.15. The Bertz CT molecular complexity index is 420. The highest BCUT2D eigenvalue weighted by Crippen LogP contribution is 2.23. The molecule has 0 radical (unpaired) electrons. The Balaban J connectivity index is 0.000000531. The summed E-state index contributed by atoms with van der Waals surface area (Å²) in [6.07, 6.45) is 3.11. The molecule has 1 heterocycles. The number of H-pyrrole nitrogens is 1. The van der Waals surface area contributed by atoms with Crippen LogP contribution >= 0.6 is 0 Å². The Hall–Kier alpha value is -1.48. The molecule has 0 aliphatic rings. The Labute approximate surface area is 90.2 Å². The number of hydrogen-bond donors (Lipinski definition) is 2. The van der Waals surface area contributed by atoms with Crippen LogP contribution in [0.1, 0.15) is 12.5 Å². The molecule has 0 aliphatic heterocycles. The third-order valence-corrected chi connectivity index (χ3v) is 2.36. The molecule has 2 aromatic rings. The monoisotopic (exact) mass is 206 g/mol. The molecule has 1 aromatic carbocycles. The van der Waals surface area contributed by atoms with Crippen LogP contribution in [0.15, 0.2) is 24.4 Å². The summed E-state index contributed by atoms with van der Waals surface area (Å²) in [5, 5.41) is 1.27. The highest BCUT2D eigenvalue weighted by molar-refractivity contribution is 5.84. The summed E-state index contributed by atoms with van der Waals surface area (Å²) >= 11 is 0. The Morgan fingerprint density at radius 3 is 2.67 bits per heavy atom. The highest BCUT2D eigenvalue weighted by atomic mass is 16.5. The Morgan fingerprint density at radius 2 is 2.07 bits per heavy atom. The van der Waals surface area contributed by atoms with Crippen LogP contribution in [0.3, 0.4) is 0 Å². The van der Waals surface area contributed by atoms with Gasteiger partial charge in [-0.05, 0) is 37.2 Å². The number of hydrogen-bond acceptors (Lipinski definition) is 2. The van der Waals surface area contributed by atoms with Gasteiger partial charge in [-0.15, -0.1) is 0 Å². The number of nitrogens with two attached hydrogens (primary N) is 1. The van der Waals surface area contributed by atoms with Gasteiger partial charge in [-0.3, -0.25) is 0 Å². The molecular formula is C12H18N2O. The number of fused-ring (bicyclic) bond motifs is 1. The molecule has 0 spiro atoms. The molecule has 0 aliphatic carbocycles. The van der Waals surface area contributed by atoms with Crippen molar-refractivity contribution >= 4 is 10.9 Å². The van der Waals surface area contributed by atoms with Gasteiger partial charge in [-0.25, -0.2) is 0 Å². The van der Waals surface area contributed by atoms with Crippen molar-refractivity contribution in [1.82, 2.24) is 4.98 Å². The zero-order valence-electron chi connectivity index (χ0n) is 9.50. The molecule has 0 fully saturated rings. The maximum absolute atomic E-state index is 5.18. The van der Waals surface area contributed by atoms with Gasteiger partial charge in [0, 0.05) is 17.1 Å². The van der Waals surface area contributed by atoms with Gasteiger partial charge in [0.25, 0.3) is 0 Å². The molecule has 0 atom stereocenters. The molecule has 0 amide bonds. The van der Waals surface area contributed by atoms with E-state index in [4.69, 9.17) is 4.74 Å². The van der Waals surface area contributed by atoms with Crippen molar-refractivity contribution in [2.75, 3.05) is 14.2 Å². The minimum Gasteiger partial charge on any atom is -0.497 e. The second-order valence-corrected chi connectivity index (χ2v) is 3.08. The van der Waals surface area contributed by atoms with Gasteiger partial charge in [0.2, 0.25) is 0 Å². The van der Waals surface area contributed by atoms with Gasteiger partial charge in [-0.2, -0.15) is 0 Å². The lowest BCUT2D eigenvalue weighted by Crippen LogP contribution is -1.82. The van der Waals surface area contributed by atoms with Crippen molar-refractivity contribution in [3.63, 3.8) is 0 Å². The molecule has 3 heteroatoms. The van der Waals surface area contributed by atoms with E-state index < -0.39 is 0 Å². The number of nitrogens with one attached hydrogen (secondary N) is 1. The van der Waals surface area contributed by atoms with E-state index in [1.807, 2.05) is 12.1 Å². The first-order valence-electron chi connectivity index (χ1n) is 5.07. The third-order valence-electron chi connectivity index (χ3n) is 2.36. The zero-order valence-corrected chi connectivity index (χ0v) is 9.50. The smallest absolute Gasteiger partial charge is 0.119 e. The summed E-state index contributed by atoms with van der Waals surface area (Å²) in [7, 11) is 3.19. The van der Waals surface area contributed by atoms with Crippen LogP contribution in [0.4, 0.5) is 0 Å². The van der Waals surface area contributed by atoms with E-state index in [0.717, 1.165) is 12.2 Å². The maximum atomic E-state index is 5.18. The van der Waals surface area contributed by atoms with Gasteiger partial charge in [-0.1, -0.05) is 6.92 Å². The van der Waals surface area contributed by atoms with Crippen molar-refractivity contribution in [3.05, 3.63) is 30.0 Å². The van der Waals surface area contributed by atoms with E-state index in [-0.39, 0.29) is 0 Å². The number of aromatic amines is 1. The third kappa shape index (κ3) is 2.30. The van der Waals surface area contributed by atoms with E-state index in [1.165, 1.54) is 23.5 Å². The van der Waals surface area contributed by atoms with Crippen LogP contribution in [-0.2, 0) is 6.42 Å². The number of methoxy groups -OCH3 is 1. The SMILES string of the molecule is CCc1c[nH]c2ccc(OC)cc12.CN. The average Bonchev–Trinajstić information content (AvgIpc) is 2.73. The lowest BCUT2D eigenvalue weighted by atomic mass is 10.1. The molecule has 1 aromatic heterocycles. The fraction of sp³-hybridized carbons (Fsp3) is 0.333. The van der Waals surface area contributed by atoms with Crippen LogP contribution in [0.5, 0.6) is 5.75 Å². The molecule has 0 unspecified atom stereocenters. The largest absolute Gasteiger partial charge is 0.497 e. The molecule has 0 bridgehead atoms. The van der Waals surface area contributed by atoms with E-state index in [0.29, 0.717) is 0 Å². The van der Waals surface area contributed by atoms with Gasteiger partial charge in [0.05, 0.1) is 7.11 Å². The Morgan fingerprint density at radius 1 is 1.33 bits per heavy atom. The van der Waals surface area contributed by atoms with Crippen molar-refractivity contribution in [2.45, 2.75) is 13.3 Å². The molecule has 0 saturated carbocycles. The van der Waals surface area contributed by atoms with Gasteiger partial charge >= 0.3 is 0 Å². The van der Waals surface area contributed by atoms with Crippen LogP contribution in [0.2, 0.25) is 0 Å². The standard InChI is InChI=1S/C11H13NO.CH5N/c1-3-8-7-12-11-5-4-9(13-2)6-10(8)11;1-2/h4-7,12H,3H2,1-2H3;2H2,1H3. The van der Waals surface area contributed by atoms with Gasteiger partial charge in [0.1, 0.15) is 5.75 Å². The predicted molar refractivity (Wildman–Crippen MR) is 64.3 cm³/mol. The fourth-order valence-electron chi connectivity index (χ4n) is 1.58. The van der Waals surface area contributed by atoms with Crippen molar-refractivity contribution < 1.29 is 4.74 Å². The molecule has 0 saturated heterocycles. The summed E-state index contributed by atoms with van der Waals surface area (Å²) in [5.41, 5.74) is 7.02. The van der Waals surface area contributed by atoms with Crippen LogP contribution in [0.25, 0.3) is 10.9 Å². The number of rotatable bonds is 2. The number of benzene rings is 1. The van der Waals surface area contributed by atoms with Crippen molar-refractivity contribution in [3.8, 4) is 5.75 Å². The first kappa shape index (κ1) is 11.6.